The summed E-state index contributed by atoms with van der Waals surface area (Å²) in [6.45, 7) is 6.67. The predicted octanol–water partition coefficient (Wildman–Crippen LogP) is 3.73. The Labute approximate surface area is 154 Å². The van der Waals surface area contributed by atoms with Gasteiger partial charge in [-0.3, -0.25) is 0 Å². The monoisotopic (exact) mass is 359 g/mol. The van der Waals surface area contributed by atoms with Crippen molar-refractivity contribution in [1.29, 1.82) is 0 Å². The zero-order valence-electron chi connectivity index (χ0n) is 15.1. The summed E-state index contributed by atoms with van der Waals surface area (Å²) in [6, 6.07) is 7.48. The van der Waals surface area contributed by atoms with E-state index < -0.39 is 12.3 Å². The fraction of sp³-hybridized carbons (Fsp3) is 0.400. The number of hydrogen-bond acceptors (Lipinski definition) is 6. The molecule has 0 amide bonds. The maximum Gasteiger partial charge on any atom is 0.360 e. The van der Waals surface area contributed by atoms with Crippen LogP contribution < -0.4 is 4.74 Å². The topological polar surface area (TPSA) is 66.3 Å². The molecule has 0 radical (unpaired) electrons. The highest BCUT2D eigenvalue weighted by Gasteiger charge is 2.17. The number of ether oxygens (including phenoxy) is 3. The lowest BCUT2D eigenvalue weighted by Crippen LogP contribution is -2.22. The maximum atomic E-state index is 12.1. The Hall–Kier alpha value is -2.60. The van der Waals surface area contributed by atoms with Crippen molar-refractivity contribution in [2.24, 2.45) is 5.16 Å². The van der Waals surface area contributed by atoms with Crippen molar-refractivity contribution in [2.45, 2.75) is 32.5 Å². The quantitative estimate of drug-likeness (QED) is 0.291. The van der Waals surface area contributed by atoms with Crippen LogP contribution in [0.2, 0.25) is 0 Å². The van der Waals surface area contributed by atoms with Crippen LogP contribution >= 0.6 is 0 Å². The molecule has 1 atom stereocenters. The maximum absolute atomic E-state index is 12.1. The summed E-state index contributed by atoms with van der Waals surface area (Å²) in [5, 5.41) is 3.95. The second kappa shape index (κ2) is 11.1. The minimum absolute atomic E-state index is 0.0690. The molecular weight excluding hydrogens is 334 g/mol. The van der Waals surface area contributed by atoms with Crippen LogP contribution in [-0.2, 0) is 19.1 Å². The van der Waals surface area contributed by atoms with Crippen LogP contribution in [0.5, 0.6) is 5.75 Å². The van der Waals surface area contributed by atoms with Gasteiger partial charge in [-0.25, -0.2) is 4.79 Å². The molecule has 6 nitrogen and oxygen atoms in total. The van der Waals surface area contributed by atoms with Gasteiger partial charge in [-0.1, -0.05) is 36.0 Å². The Bertz CT molecular complexity index is 647. The van der Waals surface area contributed by atoms with Crippen molar-refractivity contribution >= 4 is 17.8 Å². The van der Waals surface area contributed by atoms with Gasteiger partial charge >= 0.3 is 5.97 Å². The predicted molar refractivity (Wildman–Crippen MR) is 99.9 cm³/mol. The summed E-state index contributed by atoms with van der Waals surface area (Å²) in [5.74, 6) is 0.132. The normalized spacial score (nSPS) is 17.7. The molecule has 1 heterocycles. The highest BCUT2D eigenvalue weighted by Crippen LogP contribution is 2.20. The molecule has 1 unspecified atom stereocenters. The van der Waals surface area contributed by atoms with Crippen LogP contribution in [0.1, 0.15) is 31.7 Å². The molecule has 0 saturated carbocycles. The lowest BCUT2D eigenvalue weighted by molar-refractivity contribution is -0.162. The van der Waals surface area contributed by atoms with Crippen molar-refractivity contribution < 1.29 is 23.8 Å². The fourth-order valence-electron chi connectivity index (χ4n) is 2.32. The number of hydrogen-bond donors (Lipinski definition) is 0. The molecule has 1 aliphatic rings. The molecule has 6 heteroatoms. The van der Waals surface area contributed by atoms with E-state index >= 15 is 0 Å². The Morgan fingerprint density at radius 2 is 2.23 bits per heavy atom. The third-order valence-corrected chi connectivity index (χ3v) is 3.59. The van der Waals surface area contributed by atoms with Gasteiger partial charge < -0.3 is 19.0 Å². The first-order valence-electron chi connectivity index (χ1n) is 8.78. The third kappa shape index (κ3) is 6.37. The highest BCUT2D eigenvalue weighted by molar-refractivity contribution is 6.41. The molecule has 2 rings (SSSR count). The van der Waals surface area contributed by atoms with Gasteiger partial charge in [0.2, 0.25) is 6.29 Å². The fourth-order valence-corrected chi connectivity index (χ4v) is 2.32. The molecule has 1 saturated heterocycles. The van der Waals surface area contributed by atoms with Crippen LogP contribution in [-0.4, -0.2) is 37.8 Å². The van der Waals surface area contributed by atoms with Gasteiger partial charge in [0, 0.05) is 12.0 Å². The van der Waals surface area contributed by atoms with E-state index in [-0.39, 0.29) is 12.3 Å². The Balaban J connectivity index is 2.13. The number of carbonyl (C=O) groups is 1. The molecule has 0 N–H and O–H groups in total. The number of rotatable bonds is 9. The number of benzene rings is 1. The summed E-state index contributed by atoms with van der Waals surface area (Å²) in [6.07, 6.45) is 7.31. The molecule has 1 aromatic carbocycles. The number of carbonyl (C=O) groups excluding carboxylic acids is 1. The molecule has 140 valence electrons. The van der Waals surface area contributed by atoms with E-state index in [1.165, 1.54) is 0 Å². The van der Waals surface area contributed by atoms with Crippen molar-refractivity contribution in [2.75, 3.05) is 19.8 Å². The molecule has 1 aliphatic heterocycles. The van der Waals surface area contributed by atoms with Crippen molar-refractivity contribution in [1.82, 2.24) is 0 Å². The van der Waals surface area contributed by atoms with Crippen molar-refractivity contribution in [3.8, 4) is 5.75 Å². The van der Waals surface area contributed by atoms with Gasteiger partial charge in [-0.15, -0.1) is 0 Å². The summed E-state index contributed by atoms with van der Waals surface area (Å²) in [4.78, 5) is 17.5. The minimum atomic E-state index is -0.552. The highest BCUT2D eigenvalue weighted by atomic mass is 16.8. The van der Waals surface area contributed by atoms with E-state index in [2.05, 4.69) is 11.7 Å². The molecular formula is C20H25NO5. The second-order valence-corrected chi connectivity index (χ2v) is 5.57. The summed E-state index contributed by atoms with van der Waals surface area (Å²) in [7, 11) is 0. The van der Waals surface area contributed by atoms with Gasteiger partial charge in [0.25, 0.3) is 0 Å². The molecule has 0 aromatic heterocycles. The van der Waals surface area contributed by atoms with Gasteiger partial charge in [-0.2, -0.15) is 0 Å². The van der Waals surface area contributed by atoms with Crippen LogP contribution in [0.25, 0.3) is 6.08 Å². The van der Waals surface area contributed by atoms with Gasteiger partial charge in [0.1, 0.15) is 12.4 Å². The lowest BCUT2D eigenvalue weighted by atomic mass is 10.1. The Morgan fingerprint density at radius 3 is 2.96 bits per heavy atom. The number of nitrogens with zero attached hydrogens (tertiary/aromatic N) is 1. The minimum Gasteiger partial charge on any atom is -0.489 e. The average molecular weight is 359 g/mol. The number of esters is 1. The van der Waals surface area contributed by atoms with Gasteiger partial charge in [-0.05, 0) is 38.0 Å². The van der Waals surface area contributed by atoms with Gasteiger partial charge in [0.15, 0.2) is 5.71 Å². The molecule has 26 heavy (non-hydrogen) atoms. The van der Waals surface area contributed by atoms with Crippen LogP contribution in [0.15, 0.2) is 48.2 Å². The number of oxime groups is 1. The molecule has 1 aromatic rings. The zero-order valence-corrected chi connectivity index (χ0v) is 15.1. The van der Waals surface area contributed by atoms with E-state index in [1.807, 2.05) is 24.3 Å². The average Bonchev–Trinajstić information content (AvgIpc) is 2.68. The van der Waals surface area contributed by atoms with E-state index in [1.54, 1.807) is 25.2 Å². The first kappa shape index (κ1) is 19.7. The summed E-state index contributed by atoms with van der Waals surface area (Å²) >= 11 is 0. The zero-order chi connectivity index (χ0) is 18.6. The number of para-hydroxylation sites is 1. The second-order valence-electron chi connectivity index (χ2n) is 5.57. The molecule has 0 spiro atoms. The van der Waals surface area contributed by atoms with Gasteiger partial charge in [0.05, 0.1) is 13.2 Å². The standard InChI is InChI=1S/C20H25NO5/c1-3-14-24-18-10-6-5-9-16(18)12-13-17(20(22)23-4-2)21-26-19-11-7-8-15-25-19/h3,5-6,9-10,12-13,19H,1,4,7-8,11,14-15H2,2H3/b13-12+,21-17-. The van der Waals surface area contributed by atoms with E-state index in [0.717, 1.165) is 24.8 Å². The lowest BCUT2D eigenvalue weighted by Gasteiger charge is -2.20. The van der Waals surface area contributed by atoms with E-state index in [4.69, 9.17) is 19.0 Å². The Kier molecular flexibility index (Phi) is 8.42. The third-order valence-electron chi connectivity index (χ3n) is 3.59. The first-order chi connectivity index (χ1) is 12.7. The smallest absolute Gasteiger partial charge is 0.360 e. The van der Waals surface area contributed by atoms with Crippen LogP contribution in [0.4, 0.5) is 0 Å². The molecule has 1 fully saturated rings. The molecule has 0 aliphatic carbocycles. The van der Waals surface area contributed by atoms with Crippen LogP contribution in [0.3, 0.4) is 0 Å². The summed E-state index contributed by atoms with van der Waals surface area (Å²) in [5.41, 5.74) is 0.875. The first-order valence-corrected chi connectivity index (χ1v) is 8.78. The van der Waals surface area contributed by atoms with E-state index in [0.29, 0.717) is 19.0 Å². The van der Waals surface area contributed by atoms with Crippen molar-refractivity contribution in [3.63, 3.8) is 0 Å². The SMILES string of the molecule is C=CCOc1ccccc1/C=C/C(=N/OC1CCCCO1)C(=O)OCC. The summed E-state index contributed by atoms with van der Waals surface area (Å²) < 4.78 is 16.1. The molecule has 0 bridgehead atoms. The van der Waals surface area contributed by atoms with Crippen molar-refractivity contribution in [3.05, 3.63) is 48.6 Å². The largest absolute Gasteiger partial charge is 0.489 e. The Morgan fingerprint density at radius 1 is 1.38 bits per heavy atom. The van der Waals surface area contributed by atoms with Crippen LogP contribution in [0, 0.1) is 0 Å². The van der Waals surface area contributed by atoms with E-state index in [9.17, 15) is 4.79 Å².